The minimum Gasteiger partial charge on any atom is -0.332 e. The Morgan fingerprint density at radius 2 is 1.94 bits per heavy atom. The van der Waals surface area contributed by atoms with E-state index in [0.29, 0.717) is 44.0 Å². The number of aryl methyl sites for hydroxylation is 1. The van der Waals surface area contributed by atoms with Crippen LogP contribution >= 0.6 is 0 Å². The van der Waals surface area contributed by atoms with Crippen LogP contribution in [0.25, 0.3) is 5.69 Å². The normalized spacial score (nSPS) is 22.6. The molecule has 0 bridgehead atoms. The summed E-state index contributed by atoms with van der Waals surface area (Å²) in [6, 6.07) is 3.01. The lowest BCUT2D eigenvalue weighted by Gasteiger charge is -2.38. The van der Waals surface area contributed by atoms with E-state index in [2.05, 4.69) is 4.98 Å². The van der Waals surface area contributed by atoms with Crippen LogP contribution in [0.15, 0.2) is 29.5 Å². The van der Waals surface area contributed by atoms with Gasteiger partial charge in [0.1, 0.15) is 11.4 Å². The van der Waals surface area contributed by atoms with Crippen LogP contribution in [-0.4, -0.2) is 68.2 Å². The van der Waals surface area contributed by atoms with E-state index in [-0.39, 0.29) is 30.5 Å². The highest BCUT2D eigenvalue weighted by molar-refractivity contribution is 5.93. The van der Waals surface area contributed by atoms with Crippen LogP contribution in [-0.2, 0) is 6.54 Å². The Hall–Kier alpha value is -2.62. The van der Waals surface area contributed by atoms with E-state index >= 15 is 0 Å². The third-order valence-corrected chi connectivity index (χ3v) is 6.23. The molecule has 7 nitrogen and oxygen atoms in total. The molecule has 1 amide bonds. The fraction of sp³-hybridized carbons (Fsp3) is 0.571. The second-order valence-corrected chi connectivity index (χ2v) is 8.47. The van der Waals surface area contributed by atoms with Crippen molar-refractivity contribution in [3.8, 4) is 5.69 Å². The van der Waals surface area contributed by atoms with Gasteiger partial charge in [-0.05, 0) is 45.4 Å². The maximum Gasteiger partial charge on any atom is 0.393 e. The van der Waals surface area contributed by atoms with Crippen LogP contribution in [0.5, 0.6) is 0 Å². The fourth-order valence-corrected chi connectivity index (χ4v) is 4.49. The zero-order valence-electron chi connectivity index (χ0n) is 17.6. The number of carbonyl (C=O) groups is 1. The first-order valence-electron chi connectivity index (χ1n) is 10.5. The molecular formula is C21H26F3N5O2. The number of hydrogen-bond donors (Lipinski definition) is 0. The van der Waals surface area contributed by atoms with E-state index in [9.17, 15) is 22.8 Å². The molecule has 2 aliphatic heterocycles. The summed E-state index contributed by atoms with van der Waals surface area (Å²) in [6.07, 6.45) is -0.210. The first kappa shape index (κ1) is 21.6. The van der Waals surface area contributed by atoms with E-state index in [1.807, 2.05) is 13.8 Å². The molecule has 0 N–H and O–H groups in total. The number of halogens is 3. The van der Waals surface area contributed by atoms with Crippen molar-refractivity contribution in [3.63, 3.8) is 0 Å². The highest BCUT2D eigenvalue weighted by Crippen LogP contribution is 2.33. The number of piperidine rings is 1. The number of fused-ring (bicyclic) bond motifs is 1. The number of amides is 1. The van der Waals surface area contributed by atoms with Gasteiger partial charge in [0.2, 0.25) is 0 Å². The molecule has 2 atom stereocenters. The smallest absolute Gasteiger partial charge is 0.332 e. The molecule has 1 saturated heterocycles. The van der Waals surface area contributed by atoms with Crippen molar-refractivity contribution in [1.82, 2.24) is 23.9 Å². The van der Waals surface area contributed by atoms with Crippen LogP contribution in [0.2, 0.25) is 0 Å². The van der Waals surface area contributed by atoms with E-state index in [0.717, 1.165) is 5.69 Å². The number of imidazole rings is 1. The Labute approximate surface area is 178 Å². The summed E-state index contributed by atoms with van der Waals surface area (Å²) in [5.74, 6) is -1.58. The molecule has 0 saturated carbocycles. The fourth-order valence-electron chi connectivity index (χ4n) is 4.49. The van der Waals surface area contributed by atoms with Crippen LogP contribution < -0.4 is 5.56 Å². The number of hydrogen-bond acceptors (Lipinski definition) is 4. The first-order valence-corrected chi connectivity index (χ1v) is 10.5. The second kappa shape index (κ2) is 8.14. The van der Waals surface area contributed by atoms with Gasteiger partial charge in [0, 0.05) is 38.4 Å². The van der Waals surface area contributed by atoms with Crippen molar-refractivity contribution in [2.24, 2.45) is 5.92 Å². The zero-order chi connectivity index (χ0) is 22.3. The Balaban J connectivity index is 1.49. The van der Waals surface area contributed by atoms with Crippen LogP contribution in [0.3, 0.4) is 0 Å². The third kappa shape index (κ3) is 4.26. The summed E-state index contributed by atoms with van der Waals surface area (Å²) in [4.78, 5) is 33.6. The predicted octanol–water partition coefficient (Wildman–Crippen LogP) is 2.46. The number of likely N-dealkylation sites (tertiary alicyclic amines) is 1. The zero-order valence-corrected chi connectivity index (χ0v) is 17.6. The van der Waals surface area contributed by atoms with Gasteiger partial charge < -0.3 is 18.9 Å². The van der Waals surface area contributed by atoms with Crippen molar-refractivity contribution < 1.29 is 18.0 Å². The van der Waals surface area contributed by atoms with E-state index in [1.54, 1.807) is 39.0 Å². The van der Waals surface area contributed by atoms with Gasteiger partial charge >= 0.3 is 6.18 Å². The van der Waals surface area contributed by atoms with E-state index in [4.69, 9.17) is 0 Å². The molecule has 2 aliphatic rings. The molecule has 31 heavy (non-hydrogen) atoms. The lowest BCUT2D eigenvalue weighted by atomic mass is 9.97. The summed E-state index contributed by atoms with van der Waals surface area (Å²) in [5, 5.41) is 0. The molecule has 1 fully saturated rings. The minimum absolute atomic E-state index is 0.0242. The quantitative estimate of drug-likeness (QED) is 0.737. The SMILES string of the molecule is Cc1cn(-c2ccc3n(c2=O)CC(C)N(CCN2CCCC(C(F)(F)F)C2)C3=O)cn1. The molecule has 4 rings (SSSR count). The van der Waals surface area contributed by atoms with Crippen molar-refractivity contribution in [2.75, 3.05) is 26.2 Å². The molecular weight excluding hydrogens is 411 g/mol. The number of alkyl halides is 3. The van der Waals surface area contributed by atoms with Crippen molar-refractivity contribution in [1.29, 1.82) is 0 Å². The molecule has 2 aromatic heterocycles. The van der Waals surface area contributed by atoms with Crippen molar-refractivity contribution in [3.05, 3.63) is 46.4 Å². The summed E-state index contributed by atoms with van der Waals surface area (Å²) < 4.78 is 42.3. The summed E-state index contributed by atoms with van der Waals surface area (Å²) >= 11 is 0. The van der Waals surface area contributed by atoms with Gasteiger partial charge in [0.05, 0.1) is 17.9 Å². The number of nitrogens with zero attached hydrogens (tertiary/aromatic N) is 5. The molecule has 0 aromatic carbocycles. The molecule has 4 heterocycles. The largest absolute Gasteiger partial charge is 0.393 e. The maximum absolute atomic E-state index is 13.1. The average molecular weight is 437 g/mol. The van der Waals surface area contributed by atoms with Crippen LogP contribution in [0.1, 0.15) is 35.9 Å². The van der Waals surface area contributed by atoms with E-state index < -0.39 is 12.1 Å². The van der Waals surface area contributed by atoms with Gasteiger partial charge in [-0.2, -0.15) is 13.2 Å². The van der Waals surface area contributed by atoms with Gasteiger partial charge in [-0.1, -0.05) is 0 Å². The average Bonchev–Trinajstić information content (AvgIpc) is 3.14. The number of carbonyl (C=O) groups excluding carboxylic acids is 1. The Bertz CT molecular complexity index is 1030. The molecule has 0 aliphatic carbocycles. The van der Waals surface area contributed by atoms with Gasteiger partial charge in [0.15, 0.2) is 0 Å². The summed E-state index contributed by atoms with van der Waals surface area (Å²) in [5.41, 5.74) is 1.24. The summed E-state index contributed by atoms with van der Waals surface area (Å²) in [7, 11) is 0. The standard InChI is InChI=1S/C21H26F3N5O2/c1-14-10-27(13-25-14)17-5-6-18-20(31)28(15(2)11-29(18)19(17)30)9-8-26-7-3-4-16(12-26)21(22,23)24/h5-6,10,13,15-16H,3-4,7-9,11-12H2,1-2H3. The van der Waals surface area contributed by atoms with Gasteiger partial charge in [-0.15, -0.1) is 0 Å². The molecule has 0 radical (unpaired) electrons. The van der Waals surface area contributed by atoms with Gasteiger partial charge in [-0.25, -0.2) is 4.98 Å². The second-order valence-electron chi connectivity index (χ2n) is 8.47. The van der Waals surface area contributed by atoms with Crippen LogP contribution in [0.4, 0.5) is 13.2 Å². The monoisotopic (exact) mass is 437 g/mol. The molecule has 10 heteroatoms. The van der Waals surface area contributed by atoms with Gasteiger partial charge in [0.25, 0.3) is 11.5 Å². The topological polar surface area (TPSA) is 63.4 Å². The number of pyridine rings is 1. The highest BCUT2D eigenvalue weighted by Gasteiger charge is 2.42. The Kier molecular flexibility index (Phi) is 5.67. The van der Waals surface area contributed by atoms with Crippen molar-refractivity contribution in [2.45, 2.75) is 45.5 Å². The van der Waals surface area contributed by atoms with E-state index in [1.165, 1.54) is 4.57 Å². The lowest BCUT2D eigenvalue weighted by Crippen LogP contribution is -2.53. The first-order chi connectivity index (χ1) is 14.6. The minimum atomic E-state index is -4.18. The molecule has 2 unspecified atom stereocenters. The van der Waals surface area contributed by atoms with Crippen molar-refractivity contribution >= 4 is 5.91 Å². The molecule has 2 aromatic rings. The van der Waals surface area contributed by atoms with Crippen LogP contribution in [0, 0.1) is 12.8 Å². The molecule has 168 valence electrons. The number of rotatable bonds is 4. The third-order valence-electron chi connectivity index (χ3n) is 6.23. The van der Waals surface area contributed by atoms with Gasteiger partial charge in [-0.3, -0.25) is 9.59 Å². The number of aromatic nitrogens is 3. The highest BCUT2D eigenvalue weighted by atomic mass is 19.4. The summed E-state index contributed by atoms with van der Waals surface area (Å²) in [6.45, 7) is 5.33. The Morgan fingerprint density at radius 1 is 1.16 bits per heavy atom. The Morgan fingerprint density at radius 3 is 2.61 bits per heavy atom. The maximum atomic E-state index is 13.1. The lowest BCUT2D eigenvalue weighted by molar-refractivity contribution is -0.186. The molecule has 0 spiro atoms. The predicted molar refractivity (Wildman–Crippen MR) is 108 cm³/mol.